The van der Waals surface area contributed by atoms with Crippen LogP contribution in [0.3, 0.4) is 0 Å². The Morgan fingerprint density at radius 1 is 1.11 bits per heavy atom. The zero-order chi connectivity index (χ0) is 14.9. The molecule has 3 nitrogen and oxygen atoms in total. The van der Waals surface area contributed by atoms with E-state index >= 15 is 0 Å². The van der Waals surface area contributed by atoms with E-state index in [1.54, 1.807) is 0 Å². The first-order valence-electron chi connectivity index (χ1n) is 6.00. The average Bonchev–Trinajstić information content (AvgIpc) is 2.30. The van der Waals surface area contributed by atoms with Crippen LogP contribution in [0.1, 0.15) is 32.1 Å². The summed E-state index contributed by atoms with van der Waals surface area (Å²) >= 11 is 0. The molecule has 0 spiro atoms. The molecule has 3 N–H and O–H groups in total. The van der Waals surface area contributed by atoms with Gasteiger partial charge in [-0.15, -0.1) is 0 Å². The first-order valence-corrected chi connectivity index (χ1v) is 6.00. The summed E-state index contributed by atoms with van der Waals surface area (Å²) in [5.74, 6) is -4.74. The van der Waals surface area contributed by atoms with Crippen molar-refractivity contribution in [2.24, 2.45) is 5.92 Å². The molecule has 114 valence electrons. The van der Waals surface area contributed by atoms with E-state index in [0.717, 1.165) is 0 Å². The van der Waals surface area contributed by atoms with Gasteiger partial charge in [0.05, 0.1) is 0 Å². The normalized spacial score (nSPS) is 31.3. The molecule has 1 atom stereocenters. The van der Waals surface area contributed by atoms with Gasteiger partial charge in [-0.3, -0.25) is 0 Å². The van der Waals surface area contributed by atoms with Crippen molar-refractivity contribution in [1.82, 2.24) is 0 Å². The number of aliphatic hydroxyl groups is 3. The molecular weight excluding hydrogens is 275 g/mol. The number of aliphatic hydroxyl groups excluding tert-OH is 2. The van der Waals surface area contributed by atoms with Crippen molar-refractivity contribution >= 4 is 0 Å². The maximum atomic E-state index is 13.6. The Morgan fingerprint density at radius 3 is 1.95 bits per heavy atom. The highest BCUT2D eigenvalue weighted by Gasteiger charge is 2.65. The highest BCUT2D eigenvalue weighted by molar-refractivity contribution is 5.02. The molecule has 8 heteroatoms. The van der Waals surface area contributed by atoms with Crippen LogP contribution in [0.15, 0.2) is 0 Å². The first kappa shape index (κ1) is 16.6. The minimum atomic E-state index is -5.48. The van der Waals surface area contributed by atoms with Crippen LogP contribution in [-0.4, -0.2) is 45.7 Å². The fraction of sp³-hybridized carbons (Fsp3) is 1.00. The van der Waals surface area contributed by atoms with Crippen LogP contribution in [0.25, 0.3) is 0 Å². The summed E-state index contributed by atoms with van der Waals surface area (Å²) in [6.45, 7) is -0.134. The molecule has 0 aromatic heterocycles. The fourth-order valence-corrected chi connectivity index (χ4v) is 2.42. The molecule has 0 aromatic rings. The summed E-state index contributed by atoms with van der Waals surface area (Å²) in [6, 6.07) is 0. The van der Waals surface area contributed by atoms with Crippen LogP contribution in [0.5, 0.6) is 0 Å². The van der Waals surface area contributed by atoms with E-state index < -0.39 is 36.6 Å². The highest BCUT2D eigenvalue weighted by Crippen LogP contribution is 2.47. The number of halogens is 5. The molecule has 1 aliphatic carbocycles. The maximum Gasteiger partial charge on any atom is 0.420 e. The summed E-state index contributed by atoms with van der Waals surface area (Å²) in [5, 5.41) is 27.2. The first-order chi connectivity index (χ1) is 8.54. The van der Waals surface area contributed by atoms with Crippen molar-refractivity contribution < 1.29 is 37.3 Å². The number of hydrogen-bond acceptors (Lipinski definition) is 3. The zero-order valence-electron chi connectivity index (χ0n) is 10.1. The molecule has 0 radical (unpaired) electrons. The lowest BCUT2D eigenvalue weighted by Gasteiger charge is -2.43. The van der Waals surface area contributed by atoms with E-state index in [-0.39, 0.29) is 25.4 Å². The highest BCUT2D eigenvalue weighted by atomic mass is 19.4. The van der Waals surface area contributed by atoms with E-state index in [9.17, 15) is 27.1 Å². The van der Waals surface area contributed by atoms with Gasteiger partial charge in [0.1, 0.15) is 5.60 Å². The lowest BCUT2D eigenvalue weighted by atomic mass is 9.73. The Kier molecular flexibility index (Phi) is 4.79. The monoisotopic (exact) mass is 292 g/mol. The van der Waals surface area contributed by atoms with Gasteiger partial charge in [-0.1, -0.05) is 0 Å². The molecule has 0 amide bonds. The SMILES string of the molecule is OCCC1CCC(O)(C(F)(F)C(O)C(F)(F)F)CC1. The molecule has 0 saturated heterocycles. The Morgan fingerprint density at radius 2 is 1.58 bits per heavy atom. The Bertz CT molecular complexity index is 297. The van der Waals surface area contributed by atoms with Crippen molar-refractivity contribution in [3.05, 3.63) is 0 Å². The van der Waals surface area contributed by atoms with Gasteiger partial charge in [-0.25, -0.2) is 8.78 Å². The summed E-state index contributed by atoms with van der Waals surface area (Å²) in [6.07, 6.45) is -9.87. The van der Waals surface area contributed by atoms with E-state index in [1.807, 2.05) is 0 Å². The second kappa shape index (κ2) is 5.49. The second-order valence-electron chi connectivity index (χ2n) is 5.05. The molecule has 0 aromatic carbocycles. The molecule has 0 aliphatic heterocycles. The Hall–Kier alpha value is -0.470. The van der Waals surface area contributed by atoms with Gasteiger partial charge in [0, 0.05) is 6.61 Å². The molecule has 1 rings (SSSR count). The standard InChI is InChI=1S/C11H17F5O3/c12-10(13,8(18)11(14,15)16)9(19)4-1-7(2-5-9)3-6-17/h7-8,17-19H,1-6H2. The van der Waals surface area contributed by atoms with Gasteiger partial charge in [-0.2, -0.15) is 13.2 Å². The van der Waals surface area contributed by atoms with Gasteiger partial charge < -0.3 is 15.3 Å². The Balaban J connectivity index is 2.78. The van der Waals surface area contributed by atoms with Gasteiger partial charge >= 0.3 is 12.1 Å². The van der Waals surface area contributed by atoms with Crippen LogP contribution in [0.2, 0.25) is 0 Å². The fourth-order valence-electron chi connectivity index (χ4n) is 2.42. The van der Waals surface area contributed by atoms with Crippen LogP contribution >= 0.6 is 0 Å². The average molecular weight is 292 g/mol. The summed E-state index contributed by atoms with van der Waals surface area (Å²) in [4.78, 5) is 0. The lowest BCUT2D eigenvalue weighted by Crippen LogP contribution is -2.60. The third-order valence-electron chi connectivity index (χ3n) is 3.74. The third kappa shape index (κ3) is 3.35. The van der Waals surface area contributed by atoms with Crippen LogP contribution in [0.4, 0.5) is 22.0 Å². The van der Waals surface area contributed by atoms with Crippen molar-refractivity contribution in [3.63, 3.8) is 0 Å². The maximum absolute atomic E-state index is 13.6. The minimum Gasteiger partial charge on any atom is -0.396 e. The molecule has 0 bridgehead atoms. The van der Waals surface area contributed by atoms with Crippen molar-refractivity contribution in [3.8, 4) is 0 Å². The largest absolute Gasteiger partial charge is 0.420 e. The van der Waals surface area contributed by atoms with E-state index in [4.69, 9.17) is 10.2 Å². The minimum absolute atomic E-state index is 0.0934. The summed E-state index contributed by atoms with van der Waals surface area (Å²) in [5.41, 5.74) is -2.85. The predicted molar refractivity (Wildman–Crippen MR) is 55.6 cm³/mol. The number of rotatable bonds is 4. The van der Waals surface area contributed by atoms with Gasteiger partial charge in [-0.05, 0) is 38.0 Å². The Labute approximate surface area is 107 Å². The number of alkyl halides is 5. The van der Waals surface area contributed by atoms with Crippen molar-refractivity contribution in [2.45, 2.75) is 55.9 Å². The smallest absolute Gasteiger partial charge is 0.396 e. The van der Waals surface area contributed by atoms with E-state index in [1.165, 1.54) is 0 Å². The molecule has 1 fully saturated rings. The van der Waals surface area contributed by atoms with Crippen LogP contribution in [-0.2, 0) is 0 Å². The van der Waals surface area contributed by atoms with E-state index in [0.29, 0.717) is 6.42 Å². The topological polar surface area (TPSA) is 60.7 Å². The van der Waals surface area contributed by atoms with E-state index in [2.05, 4.69) is 0 Å². The number of hydrogen-bond donors (Lipinski definition) is 3. The molecule has 1 unspecified atom stereocenters. The zero-order valence-corrected chi connectivity index (χ0v) is 10.1. The van der Waals surface area contributed by atoms with Gasteiger partial charge in [0.25, 0.3) is 0 Å². The van der Waals surface area contributed by atoms with Gasteiger partial charge in [0.2, 0.25) is 6.10 Å². The summed E-state index contributed by atoms with van der Waals surface area (Å²) < 4.78 is 63.8. The summed E-state index contributed by atoms with van der Waals surface area (Å²) in [7, 11) is 0. The predicted octanol–water partition coefficient (Wildman–Crippen LogP) is 1.85. The molecule has 0 heterocycles. The second-order valence-corrected chi connectivity index (χ2v) is 5.05. The van der Waals surface area contributed by atoms with Crippen LogP contribution in [0, 0.1) is 5.92 Å². The van der Waals surface area contributed by atoms with Crippen molar-refractivity contribution in [2.75, 3.05) is 6.61 Å². The third-order valence-corrected chi connectivity index (χ3v) is 3.74. The molecule has 1 saturated carbocycles. The molecule has 19 heavy (non-hydrogen) atoms. The lowest BCUT2D eigenvalue weighted by molar-refractivity contribution is -0.319. The molecular formula is C11H17F5O3. The quantitative estimate of drug-likeness (QED) is 0.693. The molecule has 1 aliphatic rings. The van der Waals surface area contributed by atoms with Gasteiger partial charge in [0.15, 0.2) is 0 Å². The van der Waals surface area contributed by atoms with Crippen LogP contribution < -0.4 is 0 Å². The van der Waals surface area contributed by atoms with Crippen molar-refractivity contribution in [1.29, 1.82) is 0 Å².